The number of ether oxygens (including phenoxy) is 1. The molecule has 4 rings (SSSR count). The quantitative estimate of drug-likeness (QED) is 0.848. The lowest BCUT2D eigenvalue weighted by Gasteiger charge is -2.50. The summed E-state index contributed by atoms with van der Waals surface area (Å²) in [6.45, 7) is 1.12. The van der Waals surface area contributed by atoms with Crippen molar-refractivity contribution in [3.63, 3.8) is 0 Å². The molecule has 2 aliphatic heterocycles. The molecule has 23 heavy (non-hydrogen) atoms. The van der Waals surface area contributed by atoms with Crippen LogP contribution in [0.1, 0.15) is 25.7 Å². The summed E-state index contributed by atoms with van der Waals surface area (Å²) in [6.07, 6.45) is 3.61. The van der Waals surface area contributed by atoms with Crippen LogP contribution in [0.2, 0.25) is 0 Å². The molecular weight excluding hydrogens is 322 g/mol. The second-order valence-electron chi connectivity index (χ2n) is 6.71. The molecule has 1 atom stereocenters. The Morgan fingerprint density at radius 3 is 2.87 bits per heavy atom. The van der Waals surface area contributed by atoms with E-state index in [9.17, 15) is 13.6 Å². The van der Waals surface area contributed by atoms with E-state index in [0.717, 1.165) is 18.6 Å². The molecule has 3 heterocycles. The first kappa shape index (κ1) is 15.2. The minimum atomic E-state index is -1.61. The van der Waals surface area contributed by atoms with E-state index in [1.54, 1.807) is 16.7 Å². The van der Waals surface area contributed by atoms with Gasteiger partial charge < -0.3 is 9.64 Å². The van der Waals surface area contributed by atoms with Crippen molar-refractivity contribution < 1.29 is 18.3 Å². The zero-order valence-electron chi connectivity index (χ0n) is 12.6. The number of alkyl halides is 1. The molecule has 1 spiro atoms. The summed E-state index contributed by atoms with van der Waals surface area (Å²) >= 11 is 1.73. The minimum absolute atomic E-state index is 0.0274. The number of carbonyl (C=O) groups excluding carboxylic acids is 1. The standard InChI is InChI=1S/C16H18F2N2O2S/c17-12-3-1-6-19-13(12)22-11-7-15(23-8-11)9-20(10-15)14(21)16(18)4-2-5-16/h1,3,6,11H,2,4-5,7-10H2/t11-/m0/s1. The highest BCUT2D eigenvalue weighted by molar-refractivity contribution is 8.01. The Morgan fingerprint density at radius 1 is 1.43 bits per heavy atom. The molecule has 3 fully saturated rings. The topological polar surface area (TPSA) is 42.4 Å². The molecule has 1 aliphatic carbocycles. The molecule has 7 heteroatoms. The Morgan fingerprint density at radius 2 is 2.22 bits per heavy atom. The lowest BCUT2D eigenvalue weighted by atomic mass is 9.79. The number of nitrogens with zero attached hydrogens (tertiary/aromatic N) is 2. The number of pyridine rings is 1. The van der Waals surface area contributed by atoms with Crippen molar-refractivity contribution in [2.45, 2.75) is 42.2 Å². The molecule has 2 saturated heterocycles. The van der Waals surface area contributed by atoms with Gasteiger partial charge in [0.25, 0.3) is 11.8 Å². The lowest BCUT2D eigenvalue weighted by Crippen LogP contribution is -2.65. The largest absolute Gasteiger partial charge is 0.471 e. The number of thioether (sulfide) groups is 1. The molecule has 1 amide bonds. The molecule has 1 saturated carbocycles. The van der Waals surface area contributed by atoms with Gasteiger partial charge in [-0.05, 0) is 31.4 Å². The fourth-order valence-corrected chi connectivity index (χ4v) is 5.02. The van der Waals surface area contributed by atoms with Gasteiger partial charge in [-0.25, -0.2) is 13.8 Å². The van der Waals surface area contributed by atoms with Crippen molar-refractivity contribution in [2.24, 2.45) is 0 Å². The highest BCUT2D eigenvalue weighted by atomic mass is 32.2. The number of halogens is 2. The molecule has 0 unspecified atom stereocenters. The summed E-state index contributed by atoms with van der Waals surface area (Å²) in [7, 11) is 0. The Kier molecular flexibility index (Phi) is 3.51. The Balaban J connectivity index is 1.33. The van der Waals surface area contributed by atoms with Gasteiger partial charge in [-0.3, -0.25) is 4.79 Å². The summed E-state index contributed by atoms with van der Waals surface area (Å²) in [4.78, 5) is 17.7. The van der Waals surface area contributed by atoms with Crippen LogP contribution in [0.5, 0.6) is 5.88 Å². The van der Waals surface area contributed by atoms with Crippen LogP contribution in [-0.2, 0) is 4.79 Å². The Labute approximate surface area is 137 Å². The third-order valence-electron chi connectivity index (χ3n) is 4.95. The van der Waals surface area contributed by atoms with E-state index in [1.165, 1.54) is 18.3 Å². The molecular formula is C16H18F2N2O2S. The number of hydrogen-bond donors (Lipinski definition) is 0. The average molecular weight is 340 g/mol. The predicted molar refractivity (Wildman–Crippen MR) is 82.7 cm³/mol. The van der Waals surface area contributed by atoms with E-state index in [0.29, 0.717) is 25.9 Å². The van der Waals surface area contributed by atoms with Crippen molar-refractivity contribution in [1.29, 1.82) is 0 Å². The van der Waals surface area contributed by atoms with E-state index in [4.69, 9.17) is 4.74 Å². The van der Waals surface area contributed by atoms with Crippen molar-refractivity contribution >= 4 is 17.7 Å². The van der Waals surface area contributed by atoms with Crippen molar-refractivity contribution in [3.8, 4) is 5.88 Å². The van der Waals surface area contributed by atoms with Gasteiger partial charge in [0.2, 0.25) is 0 Å². The summed E-state index contributed by atoms with van der Waals surface area (Å²) in [5.41, 5.74) is -1.61. The van der Waals surface area contributed by atoms with Crippen LogP contribution >= 0.6 is 11.8 Å². The van der Waals surface area contributed by atoms with Crippen LogP contribution in [0, 0.1) is 5.82 Å². The first-order valence-electron chi connectivity index (χ1n) is 7.89. The van der Waals surface area contributed by atoms with Crippen molar-refractivity contribution in [3.05, 3.63) is 24.1 Å². The van der Waals surface area contributed by atoms with E-state index >= 15 is 0 Å². The SMILES string of the molecule is O=C(N1CC2(C[C@H](Oc3ncccc3F)CS2)C1)C1(F)CCC1. The second kappa shape index (κ2) is 5.33. The van der Waals surface area contributed by atoms with E-state index in [-0.39, 0.29) is 22.6 Å². The number of aromatic nitrogens is 1. The molecule has 0 N–H and O–H groups in total. The van der Waals surface area contributed by atoms with Crippen LogP contribution in [0.3, 0.4) is 0 Å². The number of likely N-dealkylation sites (tertiary alicyclic amines) is 1. The van der Waals surface area contributed by atoms with Gasteiger partial charge in [0.15, 0.2) is 11.5 Å². The molecule has 0 bridgehead atoms. The Hall–Kier alpha value is -1.37. The van der Waals surface area contributed by atoms with Crippen LogP contribution in [0.25, 0.3) is 0 Å². The van der Waals surface area contributed by atoms with Gasteiger partial charge in [-0.15, -0.1) is 11.8 Å². The number of carbonyl (C=O) groups is 1. The van der Waals surface area contributed by atoms with E-state index in [1.807, 2.05) is 0 Å². The zero-order valence-corrected chi connectivity index (χ0v) is 13.5. The summed E-state index contributed by atoms with van der Waals surface area (Å²) in [5.74, 6) is -0.0540. The highest BCUT2D eigenvalue weighted by Crippen LogP contribution is 2.48. The molecule has 4 nitrogen and oxygen atoms in total. The first-order valence-corrected chi connectivity index (χ1v) is 8.88. The molecule has 0 aromatic carbocycles. The molecule has 1 aromatic heterocycles. The zero-order chi connectivity index (χ0) is 16.1. The van der Waals surface area contributed by atoms with E-state index < -0.39 is 11.5 Å². The normalized spacial score (nSPS) is 27.4. The molecule has 3 aliphatic rings. The average Bonchev–Trinajstić information content (AvgIpc) is 2.89. The van der Waals surface area contributed by atoms with Gasteiger partial charge >= 0.3 is 0 Å². The monoisotopic (exact) mass is 340 g/mol. The van der Waals surface area contributed by atoms with Crippen LogP contribution in [0.4, 0.5) is 8.78 Å². The van der Waals surface area contributed by atoms with E-state index in [2.05, 4.69) is 4.98 Å². The minimum Gasteiger partial charge on any atom is -0.471 e. The molecule has 1 aromatic rings. The van der Waals surface area contributed by atoms with Gasteiger partial charge in [-0.1, -0.05) is 0 Å². The smallest absolute Gasteiger partial charge is 0.260 e. The van der Waals surface area contributed by atoms with Crippen LogP contribution in [-0.4, -0.2) is 51.2 Å². The van der Waals surface area contributed by atoms with Gasteiger partial charge in [0.1, 0.15) is 6.10 Å². The summed E-state index contributed by atoms with van der Waals surface area (Å²) in [5, 5.41) is 0. The maximum atomic E-state index is 14.2. The third-order valence-corrected chi connectivity index (χ3v) is 6.53. The molecule has 124 valence electrons. The van der Waals surface area contributed by atoms with Gasteiger partial charge in [-0.2, -0.15) is 0 Å². The Bertz CT molecular complexity index is 632. The maximum Gasteiger partial charge on any atom is 0.260 e. The van der Waals surface area contributed by atoms with Crippen LogP contribution < -0.4 is 4.74 Å². The number of amides is 1. The maximum absolute atomic E-state index is 14.2. The number of rotatable bonds is 3. The number of hydrogen-bond acceptors (Lipinski definition) is 4. The van der Waals surface area contributed by atoms with Crippen molar-refractivity contribution in [1.82, 2.24) is 9.88 Å². The summed E-state index contributed by atoms with van der Waals surface area (Å²) < 4.78 is 33.4. The van der Waals surface area contributed by atoms with Crippen LogP contribution in [0.15, 0.2) is 18.3 Å². The van der Waals surface area contributed by atoms with Crippen molar-refractivity contribution in [2.75, 3.05) is 18.8 Å². The molecule has 0 radical (unpaired) electrons. The first-order chi connectivity index (χ1) is 11.0. The highest BCUT2D eigenvalue weighted by Gasteiger charge is 2.56. The van der Waals surface area contributed by atoms with Gasteiger partial charge in [0.05, 0.1) is 4.75 Å². The fraction of sp³-hybridized carbons (Fsp3) is 0.625. The van der Waals surface area contributed by atoms with Gasteiger partial charge in [0, 0.05) is 31.5 Å². The predicted octanol–water partition coefficient (Wildman–Crippen LogP) is 2.58. The lowest BCUT2D eigenvalue weighted by molar-refractivity contribution is -0.155. The third kappa shape index (κ3) is 2.58. The fourth-order valence-electron chi connectivity index (χ4n) is 3.49. The summed E-state index contributed by atoms with van der Waals surface area (Å²) in [6, 6.07) is 2.85. The second-order valence-corrected chi connectivity index (χ2v) is 8.20.